The van der Waals surface area contributed by atoms with Crippen molar-refractivity contribution in [2.24, 2.45) is 10.8 Å². The highest BCUT2D eigenvalue weighted by atomic mass is 32.1. The quantitative estimate of drug-likeness (QED) is 0.0849. The van der Waals surface area contributed by atoms with E-state index in [9.17, 15) is 0 Å². The molecule has 4 rings (SSSR count). The van der Waals surface area contributed by atoms with E-state index in [0.29, 0.717) is 0 Å². The zero-order valence-corrected chi connectivity index (χ0v) is 35.2. The molecule has 2 aliphatic rings. The lowest BCUT2D eigenvalue weighted by molar-refractivity contribution is 0.0542. The standard InChI is InChI=1S/C45H67N4OS/c1-15-47(16-2)32-23-25-36-38(29-32)50-39-30-33(48(17-3)18-4)24-26-37(39)40(36)34-21-19-20-22-35(34)41(51)49(28-27-42(5,6)7)45(13,14)44(11,12)31-46-43(8,9)10/h19-26,29-30,46H,15-18,27-28,31H2,1-14H3/q+1. The van der Waals surface area contributed by atoms with Gasteiger partial charge in [-0.3, -0.25) is 0 Å². The molecule has 2 aromatic rings. The number of anilines is 1. The molecule has 1 aliphatic carbocycles. The second kappa shape index (κ2) is 15.8. The average molecular weight is 712 g/mol. The van der Waals surface area contributed by atoms with E-state index in [0.717, 1.165) is 84.1 Å². The third-order valence-corrected chi connectivity index (χ3v) is 11.5. The van der Waals surface area contributed by atoms with Crippen LogP contribution in [0.3, 0.4) is 0 Å². The Labute approximate surface area is 315 Å². The molecule has 1 heterocycles. The Morgan fingerprint density at radius 2 is 1.43 bits per heavy atom. The van der Waals surface area contributed by atoms with Crippen LogP contribution >= 0.6 is 12.2 Å². The summed E-state index contributed by atoms with van der Waals surface area (Å²) in [4.78, 5) is 5.80. The van der Waals surface area contributed by atoms with Crippen LogP contribution < -0.4 is 20.1 Å². The summed E-state index contributed by atoms with van der Waals surface area (Å²) in [6.45, 7) is 37.5. The Hall–Kier alpha value is -3.22. The lowest BCUT2D eigenvalue weighted by Crippen LogP contribution is -2.60. The maximum Gasteiger partial charge on any atom is 0.203 e. The fraction of sp³-hybridized carbons (Fsp3) is 0.556. The number of fused-ring (bicyclic) bond motifs is 2. The molecule has 278 valence electrons. The van der Waals surface area contributed by atoms with Crippen molar-refractivity contribution in [3.05, 3.63) is 71.6 Å². The summed E-state index contributed by atoms with van der Waals surface area (Å²) in [6.07, 6.45) is 1.03. The topological polar surface area (TPSA) is 34.7 Å². The van der Waals surface area contributed by atoms with Crippen molar-refractivity contribution in [1.29, 1.82) is 0 Å². The summed E-state index contributed by atoms with van der Waals surface area (Å²) in [5.74, 6) is 0.888. The maximum absolute atomic E-state index is 6.84. The van der Waals surface area contributed by atoms with Gasteiger partial charge in [-0.25, -0.2) is 4.58 Å². The van der Waals surface area contributed by atoms with Gasteiger partial charge in [-0.15, -0.1) is 0 Å². The van der Waals surface area contributed by atoms with Gasteiger partial charge in [0, 0.05) is 77.2 Å². The second-order valence-corrected chi connectivity index (χ2v) is 17.9. The minimum Gasteiger partial charge on any atom is -0.456 e. The van der Waals surface area contributed by atoms with Crippen molar-refractivity contribution in [1.82, 2.24) is 14.8 Å². The van der Waals surface area contributed by atoms with Crippen molar-refractivity contribution >= 4 is 33.9 Å². The molecule has 0 fully saturated rings. The second-order valence-electron chi connectivity index (χ2n) is 17.5. The zero-order valence-electron chi connectivity index (χ0n) is 34.4. The molecule has 0 aromatic heterocycles. The van der Waals surface area contributed by atoms with Crippen LogP contribution in [0.5, 0.6) is 0 Å². The number of benzene rings is 3. The highest BCUT2D eigenvalue weighted by Crippen LogP contribution is 2.44. The van der Waals surface area contributed by atoms with Crippen molar-refractivity contribution in [2.75, 3.05) is 44.2 Å². The van der Waals surface area contributed by atoms with Crippen LogP contribution in [0.2, 0.25) is 0 Å². The molecule has 51 heavy (non-hydrogen) atoms. The Kier molecular flexibility index (Phi) is 12.6. The number of hydrogen-bond donors (Lipinski definition) is 1. The third-order valence-electron chi connectivity index (χ3n) is 11.1. The molecule has 2 aromatic carbocycles. The monoisotopic (exact) mass is 712 g/mol. The lowest BCUT2D eigenvalue weighted by Gasteiger charge is -2.52. The predicted molar refractivity (Wildman–Crippen MR) is 226 cm³/mol. The van der Waals surface area contributed by atoms with Crippen LogP contribution in [0.25, 0.3) is 33.4 Å². The fourth-order valence-corrected chi connectivity index (χ4v) is 7.41. The predicted octanol–water partition coefficient (Wildman–Crippen LogP) is 10.5. The van der Waals surface area contributed by atoms with Gasteiger partial charge in [0.25, 0.3) is 0 Å². The summed E-state index contributed by atoms with van der Waals surface area (Å²) >= 11 is 6.68. The molecule has 0 atom stereocenters. The highest BCUT2D eigenvalue weighted by molar-refractivity contribution is 7.80. The summed E-state index contributed by atoms with van der Waals surface area (Å²) in [7, 11) is 0. The SMILES string of the molecule is CCN(CC)c1ccc2c(-c3ccccc3C(=S)N(CCC(C)(C)C)C(C)(C)C(C)(C)CNC(C)(C)C)c3ccc(=[N+](CC)CC)cc-3oc2c1. The Morgan fingerprint density at radius 1 is 0.784 bits per heavy atom. The molecule has 0 radical (unpaired) electrons. The first-order chi connectivity index (χ1) is 23.8. The van der Waals surface area contributed by atoms with E-state index in [1.165, 1.54) is 16.6 Å². The summed E-state index contributed by atoms with van der Waals surface area (Å²) in [5.41, 5.74) is 6.39. The van der Waals surface area contributed by atoms with Gasteiger partial charge in [-0.2, -0.15) is 0 Å². The van der Waals surface area contributed by atoms with Gasteiger partial charge in [0.05, 0.1) is 6.07 Å². The molecule has 0 saturated heterocycles. The van der Waals surface area contributed by atoms with Gasteiger partial charge in [0.15, 0.2) is 0 Å². The Bertz CT molecular complexity index is 1840. The highest BCUT2D eigenvalue weighted by Gasteiger charge is 2.44. The lowest BCUT2D eigenvalue weighted by atomic mass is 9.72. The van der Waals surface area contributed by atoms with Crippen LogP contribution in [0.15, 0.2) is 65.1 Å². The zero-order chi connectivity index (χ0) is 37.9. The fourth-order valence-electron chi connectivity index (χ4n) is 6.91. The van der Waals surface area contributed by atoms with Gasteiger partial charge < -0.3 is 19.5 Å². The molecular formula is C45H67N4OS+. The smallest absolute Gasteiger partial charge is 0.203 e. The molecular weight excluding hydrogens is 645 g/mol. The normalized spacial score (nSPS) is 12.8. The molecule has 0 amide bonds. The largest absolute Gasteiger partial charge is 0.456 e. The minimum atomic E-state index is -0.256. The number of rotatable bonds is 13. The van der Waals surface area contributed by atoms with Gasteiger partial charge in [0.2, 0.25) is 5.36 Å². The van der Waals surface area contributed by atoms with Crippen molar-refractivity contribution in [3.8, 4) is 22.5 Å². The molecule has 1 N–H and O–H groups in total. The van der Waals surface area contributed by atoms with E-state index in [1.54, 1.807) is 0 Å². The van der Waals surface area contributed by atoms with Crippen LogP contribution in [0.1, 0.15) is 109 Å². The van der Waals surface area contributed by atoms with Crippen molar-refractivity contribution < 1.29 is 4.42 Å². The summed E-state index contributed by atoms with van der Waals surface area (Å²) in [6, 6.07) is 22.2. The van der Waals surface area contributed by atoms with Gasteiger partial charge in [0.1, 0.15) is 29.4 Å². The molecule has 0 unspecified atom stereocenters. The first-order valence-electron chi connectivity index (χ1n) is 19.3. The number of nitrogens with zero attached hydrogens (tertiary/aromatic N) is 3. The van der Waals surface area contributed by atoms with E-state index in [4.69, 9.17) is 16.6 Å². The summed E-state index contributed by atoms with van der Waals surface area (Å²) < 4.78 is 9.22. The van der Waals surface area contributed by atoms with E-state index in [2.05, 4.69) is 177 Å². The molecule has 0 spiro atoms. The number of thiocarbonyl (C=S) groups is 1. The molecule has 0 bridgehead atoms. The van der Waals surface area contributed by atoms with Crippen LogP contribution in [0.4, 0.5) is 5.69 Å². The molecule has 1 aliphatic heterocycles. The van der Waals surface area contributed by atoms with E-state index >= 15 is 0 Å². The Morgan fingerprint density at radius 3 is 2.02 bits per heavy atom. The first kappa shape index (κ1) is 40.5. The number of nitrogens with one attached hydrogen (secondary N) is 1. The van der Waals surface area contributed by atoms with E-state index in [1.807, 2.05) is 0 Å². The molecule has 0 saturated carbocycles. The van der Waals surface area contributed by atoms with Gasteiger partial charge in [-0.1, -0.05) is 71.1 Å². The van der Waals surface area contributed by atoms with E-state index < -0.39 is 0 Å². The average Bonchev–Trinajstić information content (AvgIpc) is 3.06. The number of hydrogen-bond acceptors (Lipinski definition) is 4. The minimum absolute atomic E-state index is 0.0213. The maximum atomic E-state index is 6.84. The third kappa shape index (κ3) is 9.06. The van der Waals surface area contributed by atoms with Gasteiger partial charge >= 0.3 is 0 Å². The van der Waals surface area contributed by atoms with Crippen molar-refractivity contribution in [3.63, 3.8) is 0 Å². The molecule has 5 nitrogen and oxygen atoms in total. The Balaban J connectivity index is 2.01. The first-order valence-corrected chi connectivity index (χ1v) is 19.7. The van der Waals surface area contributed by atoms with Crippen LogP contribution in [0, 0.1) is 10.8 Å². The van der Waals surface area contributed by atoms with Crippen molar-refractivity contribution in [2.45, 2.75) is 114 Å². The van der Waals surface area contributed by atoms with Gasteiger partial charge in [-0.05, 0) is 103 Å². The van der Waals surface area contributed by atoms with Crippen LogP contribution in [-0.2, 0) is 0 Å². The van der Waals surface area contributed by atoms with Crippen LogP contribution in [-0.4, -0.2) is 60.2 Å². The van der Waals surface area contributed by atoms with E-state index in [-0.39, 0.29) is 21.9 Å². The summed E-state index contributed by atoms with van der Waals surface area (Å²) in [5, 5.41) is 6.08. The molecule has 6 heteroatoms.